The predicted octanol–water partition coefficient (Wildman–Crippen LogP) is 9.90. The zero-order chi connectivity index (χ0) is 30.1. The molecule has 4 aromatic rings. The van der Waals surface area contributed by atoms with E-state index in [0.717, 1.165) is 24.5 Å². The number of ether oxygens (including phenoxy) is 1. The molecule has 0 aromatic heterocycles. The molecule has 0 atom stereocenters. The lowest BCUT2D eigenvalue weighted by Crippen LogP contribution is -2.25. The Labute approximate surface area is 228 Å². The van der Waals surface area contributed by atoms with Crippen LogP contribution < -0.4 is 4.74 Å². The van der Waals surface area contributed by atoms with Gasteiger partial charge < -0.3 is 4.74 Å². The Morgan fingerprint density at radius 2 is 1.15 bits per heavy atom. The monoisotopic (exact) mass is 586 g/mol. The minimum Gasteiger partial charge on any atom is -0.429 e. The van der Waals surface area contributed by atoms with E-state index in [4.69, 9.17) is 0 Å². The topological polar surface area (TPSA) is 9.23 Å². The zero-order valence-electron chi connectivity index (χ0n) is 21.2. The first-order valence-electron chi connectivity index (χ1n) is 12.2. The zero-order valence-corrected chi connectivity index (χ0v) is 21.2. The van der Waals surface area contributed by atoms with Gasteiger partial charge in [0.1, 0.15) is 40.4 Å². The van der Waals surface area contributed by atoms with Crippen LogP contribution in [0.1, 0.15) is 30.0 Å². The van der Waals surface area contributed by atoms with E-state index in [0.29, 0.717) is 23.3 Å². The normalized spacial score (nSPS) is 12.1. The number of alkyl halides is 5. The number of halogens is 10. The summed E-state index contributed by atoms with van der Waals surface area (Å²) in [7, 11) is 0. The highest BCUT2D eigenvalue weighted by Crippen LogP contribution is 2.39. The summed E-state index contributed by atoms with van der Waals surface area (Å²) in [5, 5.41) is 0. The molecule has 0 amide bonds. The summed E-state index contributed by atoms with van der Waals surface area (Å²) in [6.45, 7) is 2.03. The SMILES string of the molecule is CCCc1ccc(-c2ccc(-c3cc(F)c(C(F)(F)Oc4cc(F)c(CC(F)(F)F)c(F)c4)c(F)c3)c(F)c2)cc1. The van der Waals surface area contributed by atoms with Crippen molar-refractivity contribution in [2.75, 3.05) is 0 Å². The largest absolute Gasteiger partial charge is 0.432 e. The Hall–Kier alpha value is -4.02. The van der Waals surface area contributed by atoms with E-state index >= 15 is 0 Å². The Bertz CT molecular complexity index is 1510. The van der Waals surface area contributed by atoms with E-state index < -0.39 is 70.2 Å². The van der Waals surface area contributed by atoms with Gasteiger partial charge in [-0.3, -0.25) is 0 Å². The van der Waals surface area contributed by atoms with E-state index in [2.05, 4.69) is 4.74 Å². The molecular formula is C30H20F10O. The summed E-state index contributed by atoms with van der Waals surface area (Å²) in [4.78, 5) is 0. The fraction of sp³-hybridized carbons (Fsp3) is 0.200. The van der Waals surface area contributed by atoms with Gasteiger partial charge in [0.15, 0.2) is 0 Å². The van der Waals surface area contributed by atoms with Crippen LogP contribution in [0.2, 0.25) is 0 Å². The highest BCUT2D eigenvalue weighted by molar-refractivity contribution is 5.71. The van der Waals surface area contributed by atoms with Crippen molar-refractivity contribution in [3.8, 4) is 28.0 Å². The van der Waals surface area contributed by atoms with E-state index in [-0.39, 0.29) is 17.7 Å². The average Bonchev–Trinajstić information content (AvgIpc) is 2.85. The van der Waals surface area contributed by atoms with E-state index in [1.54, 1.807) is 12.1 Å². The first kappa shape index (κ1) is 30.0. The first-order chi connectivity index (χ1) is 19.2. The minimum absolute atomic E-state index is 0.0382. The Balaban J connectivity index is 1.61. The van der Waals surface area contributed by atoms with Crippen molar-refractivity contribution < 1.29 is 48.6 Å². The lowest BCUT2D eigenvalue weighted by molar-refractivity contribution is -0.189. The summed E-state index contributed by atoms with van der Waals surface area (Å²) in [5.74, 6) is -9.63. The van der Waals surface area contributed by atoms with Gasteiger partial charge in [-0.1, -0.05) is 49.7 Å². The van der Waals surface area contributed by atoms with Crippen molar-refractivity contribution in [1.82, 2.24) is 0 Å². The molecule has 41 heavy (non-hydrogen) atoms. The van der Waals surface area contributed by atoms with Crippen LogP contribution in [0, 0.1) is 29.1 Å². The van der Waals surface area contributed by atoms with Crippen molar-refractivity contribution >= 4 is 0 Å². The van der Waals surface area contributed by atoms with Crippen molar-refractivity contribution in [3.05, 3.63) is 113 Å². The van der Waals surface area contributed by atoms with Gasteiger partial charge in [0.2, 0.25) is 0 Å². The molecule has 0 aliphatic carbocycles. The molecule has 0 unspecified atom stereocenters. The molecule has 0 saturated carbocycles. The maximum Gasteiger partial charge on any atom is 0.432 e. The molecule has 0 saturated heterocycles. The number of aryl methyl sites for hydroxylation is 1. The lowest BCUT2D eigenvalue weighted by atomic mass is 9.97. The second kappa shape index (κ2) is 11.5. The van der Waals surface area contributed by atoms with Crippen LogP contribution in [-0.2, 0) is 19.0 Å². The standard InChI is InChI=1S/C30H20F10O/c1-2-3-16-4-6-17(7-5-16)18-8-9-21(23(31)10-18)19-11-26(34)28(27(35)12-19)30(39,40)41-20-13-24(32)22(25(33)14-20)15-29(36,37)38/h4-14H,2-3,15H2,1H3. The van der Waals surface area contributed by atoms with Gasteiger partial charge in [0, 0.05) is 23.3 Å². The quantitative estimate of drug-likeness (QED) is 0.187. The van der Waals surface area contributed by atoms with Crippen LogP contribution in [0.25, 0.3) is 22.3 Å². The number of rotatable bonds is 8. The summed E-state index contributed by atoms with van der Waals surface area (Å²) >= 11 is 0. The molecule has 0 fully saturated rings. The molecule has 0 aliphatic heterocycles. The summed E-state index contributed by atoms with van der Waals surface area (Å²) in [6.07, 6.45) is -10.1. The van der Waals surface area contributed by atoms with Crippen LogP contribution >= 0.6 is 0 Å². The van der Waals surface area contributed by atoms with Crippen molar-refractivity contribution in [2.45, 2.75) is 38.5 Å². The molecule has 0 radical (unpaired) electrons. The molecule has 0 heterocycles. The highest BCUT2D eigenvalue weighted by atomic mass is 19.4. The smallest absolute Gasteiger partial charge is 0.429 e. The molecule has 216 valence electrons. The minimum atomic E-state index is -5.00. The fourth-order valence-corrected chi connectivity index (χ4v) is 4.30. The van der Waals surface area contributed by atoms with E-state index in [1.165, 1.54) is 12.1 Å². The van der Waals surface area contributed by atoms with Crippen LogP contribution in [0.5, 0.6) is 5.75 Å². The Morgan fingerprint density at radius 1 is 0.610 bits per heavy atom. The summed E-state index contributed by atoms with van der Waals surface area (Å²) in [6, 6.07) is 12.1. The second-order valence-electron chi connectivity index (χ2n) is 9.23. The molecule has 4 aromatic carbocycles. The first-order valence-corrected chi connectivity index (χ1v) is 12.2. The van der Waals surface area contributed by atoms with Crippen LogP contribution in [0.3, 0.4) is 0 Å². The van der Waals surface area contributed by atoms with Crippen molar-refractivity contribution in [3.63, 3.8) is 0 Å². The van der Waals surface area contributed by atoms with Gasteiger partial charge >= 0.3 is 12.3 Å². The number of benzene rings is 4. The molecule has 0 aliphatic rings. The molecule has 0 bridgehead atoms. The van der Waals surface area contributed by atoms with E-state index in [9.17, 15) is 43.9 Å². The van der Waals surface area contributed by atoms with Gasteiger partial charge in [0.25, 0.3) is 0 Å². The molecule has 0 spiro atoms. The Morgan fingerprint density at radius 3 is 1.66 bits per heavy atom. The predicted molar refractivity (Wildman–Crippen MR) is 132 cm³/mol. The third kappa shape index (κ3) is 6.83. The molecule has 4 rings (SSSR count). The van der Waals surface area contributed by atoms with Crippen molar-refractivity contribution in [2.24, 2.45) is 0 Å². The summed E-state index contributed by atoms with van der Waals surface area (Å²) in [5.41, 5.74) is -1.88. The fourth-order valence-electron chi connectivity index (χ4n) is 4.30. The molecule has 11 heteroatoms. The molecule has 1 nitrogen and oxygen atoms in total. The lowest BCUT2D eigenvalue weighted by Gasteiger charge is -2.21. The third-order valence-corrected chi connectivity index (χ3v) is 6.18. The molecular weight excluding hydrogens is 566 g/mol. The second-order valence-corrected chi connectivity index (χ2v) is 9.23. The van der Waals surface area contributed by atoms with Gasteiger partial charge in [-0.05, 0) is 46.9 Å². The molecule has 0 N–H and O–H groups in total. The number of hydrogen-bond donors (Lipinski definition) is 0. The third-order valence-electron chi connectivity index (χ3n) is 6.18. The summed E-state index contributed by atoms with van der Waals surface area (Å²) < 4.78 is 144. The maximum absolute atomic E-state index is 15.0. The van der Waals surface area contributed by atoms with E-state index in [1.807, 2.05) is 19.1 Å². The average molecular weight is 586 g/mol. The van der Waals surface area contributed by atoms with Crippen molar-refractivity contribution in [1.29, 1.82) is 0 Å². The van der Waals surface area contributed by atoms with Crippen LogP contribution in [0.4, 0.5) is 43.9 Å². The van der Waals surface area contributed by atoms with Gasteiger partial charge in [-0.15, -0.1) is 0 Å². The van der Waals surface area contributed by atoms with Gasteiger partial charge in [0.05, 0.1) is 6.42 Å². The Kier molecular flexibility index (Phi) is 8.37. The highest BCUT2D eigenvalue weighted by Gasteiger charge is 2.42. The maximum atomic E-state index is 15.0. The van der Waals surface area contributed by atoms with Crippen LogP contribution in [-0.4, -0.2) is 6.18 Å². The number of hydrogen-bond acceptors (Lipinski definition) is 1. The van der Waals surface area contributed by atoms with Gasteiger partial charge in [-0.2, -0.15) is 22.0 Å². The van der Waals surface area contributed by atoms with Crippen LogP contribution in [0.15, 0.2) is 66.7 Å². The van der Waals surface area contributed by atoms with Gasteiger partial charge in [-0.25, -0.2) is 22.0 Å².